The van der Waals surface area contributed by atoms with Gasteiger partial charge in [-0.1, -0.05) is 25.7 Å². The molecule has 0 aromatic carbocycles. The van der Waals surface area contributed by atoms with Crippen molar-refractivity contribution in [1.82, 2.24) is 10.3 Å². The number of ether oxygens (including phenoxy) is 1. The smallest absolute Gasteiger partial charge is 0.0897 e. The number of likely N-dealkylation sites (N-methyl/N-ethyl adjacent to an activating group) is 1. The zero-order chi connectivity index (χ0) is 14.4. The number of rotatable bonds is 6. The number of hydrogen-bond donors (Lipinski definition) is 1. The summed E-state index contributed by atoms with van der Waals surface area (Å²) in [5.41, 5.74) is 1.20. The summed E-state index contributed by atoms with van der Waals surface area (Å²) < 4.78 is 6.30. The van der Waals surface area contributed by atoms with Crippen molar-refractivity contribution in [3.8, 4) is 0 Å². The van der Waals surface area contributed by atoms with Gasteiger partial charge in [0.05, 0.1) is 16.3 Å². The van der Waals surface area contributed by atoms with Crippen LogP contribution < -0.4 is 5.32 Å². The van der Waals surface area contributed by atoms with Crippen molar-refractivity contribution >= 4 is 11.3 Å². The first-order valence-electron chi connectivity index (χ1n) is 7.92. The van der Waals surface area contributed by atoms with Crippen molar-refractivity contribution in [2.24, 2.45) is 0 Å². The van der Waals surface area contributed by atoms with E-state index >= 15 is 0 Å². The highest BCUT2D eigenvalue weighted by Crippen LogP contribution is 2.34. The summed E-state index contributed by atoms with van der Waals surface area (Å²) in [4.78, 5) is 4.63. The van der Waals surface area contributed by atoms with Crippen LogP contribution in [0.1, 0.15) is 56.2 Å². The number of aromatic nitrogens is 1. The molecule has 1 heterocycles. The fraction of sp³-hybridized carbons (Fsp3) is 0.812. The maximum absolute atomic E-state index is 6.30. The second kappa shape index (κ2) is 7.53. The molecule has 3 nitrogen and oxygen atoms in total. The van der Waals surface area contributed by atoms with Gasteiger partial charge in [0.15, 0.2) is 0 Å². The van der Waals surface area contributed by atoms with E-state index in [4.69, 9.17) is 4.74 Å². The molecule has 4 heteroatoms. The SMILES string of the molecule is CCOC1(C(Cc2csc(C)n2)NC)CCCCCC1. The van der Waals surface area contributed by atoms with Gasteiger partial charge in [0, 0.05) is 24.4 Å². The fourth-order valence-electron chi connectivity index (χ4n) is 3.47. The minimum absolute atomic E-state index is 0.00246. The van der Waals surface area contributed by atoms with Gasteiger partial charge >= 0.3 is 0 Å². The van der Waals surface area contributed by atoms with Gasteiger partial charge in [-0.15, -0.1) is 11.3 Å². The Balaban J connectivity index is 2.15. The molecule has 1 N–H and O–H groups in total. The second-order valence-electron chi connectivity index (χ2n) is 5.82. The lowest BCUT2D eigenvalue weighted by atomic mass is 9.83. The largest absolute Gasteiger partial charge is 0.374 e. The van der Waals surface area contributed by atoms with E-state index in [0.717, 1.165) is 18.0 Å². The maximum atomic E-state index is 6.30. The first-order valence-corrected chi connectivity index (χ1v) is 8.80. The topological polar surface area (TPSA) is 34.1 Å². The van der Waals surface area contributed by atoms with E-state index in [9.17, 15) is 0 Å². The predicted octanol–water partition coefficient (Wildman–Crippen LogP) is 3.71. The van der Waals surface area contributed by atoms with Gasteiger partial charge in [-0.25, -0.2) is 4.98 Å². The number of thiazole rings is 1. The van der Waals surface area contributed by atoms with Crippen LogP contribution in [0.5, 0.6) is 0 Å². The van der Waals surface area contributed by atoms with Crippen molar-refractivity contribution in [2.45, 2.75) is 70.4 Å². The third kappa shape index (κ3) is 3.80. The van der Waals surface area contributed by atoms with Gasteiger partial charge in [-0.3, -0.25) is 0 Å². The van der Waals surface area contributed by atoms with Crippen molar-refractivity contribution in [3.05, 3.63) is 16.1 Å². The van der Waals surface area contributed by atoms with Crippen LogP contribution >= 0.6 is 11.3 Å². The Labute approximate surface area is 127 Å². The molecule has 114 valence electrons. The summed E-state index contributed by atoms with van der Waals surface area (Å²) in [6.07, 6.45) is 8.59. The van der Waals surface area contributed by atoms with Gasteiger partial charge in [0.2, 0.25) is 0 Å². The maximum Gasteiger partial charge on any atom is 0.0897 e. The lowest BCUT2D eigenvalue weighted by Gasteiger charge is -2.40. The summed E-state index contributed by atoms with van der Waals surface area (Å²) >= 11 is 1.74. The van der Waals surface area contributed by atoms with E-state index < -0.39 is 0 Å². The molecular weight excluding hydrogens is 268 g/mol. The van der Waals surface area contributed by atoms with Crippen molar-refractivity contribution in [2.75, 3.05) is 13.7 Å². The zero-order valence-corrected chi connectivity index (χ0v) is 13.9. The highest BCUT2D eigenvalue weighted by Gasteiger charge is 2.39. The molecule has 1 aliphatic rings. The Morgan fingerprint density at radius 1 is 1.35 bits per heavy atom. The summed E-state index contributed by atoms with van der Waals surface area (Å²) in [7, 11) is 2.07. The summed E-state index contributed by atoms with van der Waals surface area (Å²) in [5.74, 6) is 0. The Kier molecular flexibility index (Phi) is 6.00. The average molecular weight is 296 g/mol. The number of nitrogens with zero attached hydrogens (tertiary/aromatic N) is 1. The van der Waals surface area contributed by atoms with Crippen LogP contribution in [0.4, 0.5) is 0 Å². The molecular formula is C16H28N2OS. The highest BCUT2D eigenvalue weighted by molar-refractivity contribution is 7.09. The standard InChI is InChI=1S/C16H28N2OS/c1-4-19-16(9-7-5-6-8-10-16)15(17-3)11-14-12-20-13(2)18-14/h12,15,17H,4-11H2,1-3H3. The van der Waals surface area contributed by atoms with E-state index in [1.807, 2.05) is 0 Å². The second-order valence-corrected chi connectivity index (χ2v) is 6.88. The molecule has 1 saturated carbocycles. The van der Waals surface area contributed by atoms with Crippen LogP contribution in [0, 0.1) is 6.92 Å². The molecule has 0 saturated heterocycles. The molecule has 1 aromatic heterocycles. The lowest BCUT2D eigenvalue weighted by Crippen LogP contribution is -2.52. The van der Waals surface area contributed by atoms with Crippen LogP contribution in [0.3, 0.4) is 0 Å². The number of hydrogen-bond acceptors (Lipinski definition) is 4. The minimum Gasteiger partial charge on any atom is -0.374 e. The van der Waals surface area contributed by atoms with Crippen molar-refractivity contribution in [3.63, 3.8) is 0 Å². The lowest BCUT2D eigenvalue weighted by molar-refractivity contribution is -0.0754. The molecule has 0 aliphatic heterocycles. The monoisotopic (exact) mass is 296 g/mol. The van der Waals surface area contributed by atoms with Crippen LogP contribution in [0.25, 0.3) is 0 Å². The van der Waals surface area contributed by atoms with Crippen LogP contribution in [0.2, 0.25) is 0 Å². The molecule has 0 amide bonds. The Hall–Kier alpha value is -0.450. The molecule has 0 spiro atoms. The van der Waals surface area contributed by atoms with Gasteiger partial charge in [-0.05, 0) is 33.7 Å². The minimum atomic E-state index is -0.00246. The number of aryl methyl sites for hydroxylation is 1. The molecule has 1 atom stereocenters. The average Bonchev–Trinajstić information content (AvgIpc) is 2.71. The molecule has 0 radical (unpaired) electrons. The Morgan fingerprint density at radius 2 is 2.05 bits per heavy atom. The predicted molar refractivity (Wildman–Crippen MR) is 85.5 cm³/mol. The van der Waals surface area contributed by atoms with Gasteiger partial charge in [-0.2, -0.15) is 0 Å². The third-order valence-corrected chi connectivity index (χ3v) is 5.27. The van der Waals surface area contributed by atoms with Crippen molar-refractivity contribution < 1.29 is 4.74 Å². The van der Waals surface area contributed by atoms with E-state index in [2.05, 4.69) is 36.6 Å². The van der Waals surface area contributed by atoms with Crippen LogP contribution in [-0.2, 0) is 11.2 Å². The van der Waals surface area contributed by atoms with Crippen LogP contribution in [0.15, 0.2) is 5.38 Å². The van der Waals surface area contributed by atoms with E-state index in [1.165, 1.54) is 44.2 Å². The molecule has 2 rings (SSSR count). The fourth-order valence-corrected chi connectivity index (χ4v) is 4.10. The van der Waals surface area contributed by atoms with Crippen LogP contribution in [-0.4, -0.2) is 30.3 Å². The molecule has 0 bridgehead atoms. The quantitative estimate of drug-likeness (QED) is 0.813. The molecule has 1 unspecified atom stereocenters. The summed E-state index contributed by atoms with van der Waals surface area (Å²) in [5, 5.41) is 6.87. The first-order chi connectivity index (χ1) is 9.70. The Morgan fingerprint density at radius 3 is 2.55 bits per heavy atom. The molecule has 1 fully saturated rings. The van der Waals surface area contributed by atoms with Gasteiger partial charge < -0.3 is 10.1 Å². The first kappa shape index (κ1) is 15.9. The highest BCUT2D eigenvalue weighted by atomic mass is 32.1. The van der Waals surface area contributed by atoms with Gasteiger partial charge in [0.1, 0.15) is 0 Å². The number of nitrogens with one attached hydrogen (secondary N) is 1. The summed E-state index contributed by atoms with van der Waals surface area (Å²) in [6.45, 7) is 4.99. The van der Waals surface area contributed by atoms with Gasteiger partial charge in [0.25, 0.3) is 0 Å². The normalized spacial score (nSPS) is 20.6. The van der Waals surface area contributed by atoms with E-state index in [0.29, 0.717) is 6.04 Å². The third-order valence-electron chi connectivity index (χ3n) is 4.45. The molecule has 20 heavy (non-hydrogen) atoms. The van der Waals surface area contributed by atoms with E-state index in [1.54, 1.807) is 11.3 Å². The Bertz CT molecular complexity index is 397. The van der Waals surface area contributed by atoms with Crippen molar-refractivity contribution in [1.29, 1.82) is 0 Å². The molecule has 1 aliphatic carbocycles. The molecule has 1 aromatic rings. The van der Waals surface area contributed by atoms with E-state index in [-0.39, 0.29) is 5.60 Å². The zero-order valence-electron chi connectivity index (χ0n) is 13.1. The summed E-state index contributed by atoms with van der Waals surface area (Å²) in [6, 6.07) is 0.363.